The predicted molar refractivity (Wildman–Crippen MR) is 56.0 cm³/mol. The number of hydrogen-bond acceptors (Lipinski definition) is 3. The van der Waals surface area contributed by atoms with Crippen molar-refractivity contribution >= 4 is 5.91 Å². The molecule has 0 aromatic rings. The number of carbonyl (C=O) groups excluding carboxylic acids is 1. The topological polar surface area (TPSA) is 62.1 Å². The van der Waals surface area contributed by atoms with Crippen LogP contribution in [0.4, 0.5) is 0 Å². The third kappa shape index (κ3) is 3.21. The maximum atomic E-state index is 11.7. The van der Waals surface area contributed by atoms with Gasteiger partial charge in [0, 0.05) is 6.61 Å². The monoisotopic (exact) mass is 210 g/mol. The van der Waals surface area contributed by atoms with Gasteiger partial charge in [-0.3, -0.25) is 4.79 Å². The van der Waals surface area contributed by atoms with Gasteiger partial charge in [0.1, 0.15) is 5.92 Å². The lowest BCUT2D eigenvalue weighted by Crippen LogP contribution is -2.53. The van der Waals surface area contributed by atoms with Crippen LogP contribution in [-0.4, -0.2) is 24.7 Å². The Morgan fingerprint density at radius 2 is 2.47 bits per heavy atom. The zero-order valence-electron chi connectivity index (χ0n) is 9.38. The molecule has 0 radical (unpaired) electrons. The van der Waals surface area contributed by atoms with E-state index < -0.39 is 5.92 Å². The first-order valence-corrected chi connectivity index (χ1v) is 5.40. The van der Waals surface area contributed by atoms with Crippen LogP contribution >= 0.6 is 0 Å². The fourth-order valence-corrected chi connectivity index (χ4v) is 1.75. The number of amides is 1. The van der Waals surface area contributed by atoms with Gasteiger partial charge in [-0.1, -0.05) is 6.92 Å². The molecule has 2 atom stereocenters. The highest BCUT2D eigenvalue weighted by molar-refractivity contribution is 5.81. The summed E-state index contributed by atoms with van der Waals surface area (Å²) in [6.07, 6.45) is 2.43. The van der Waals surface area contributed by atoms with E-state index in [-0.39, 0.29) is 11.4 Å². The van der Waals surface area contributed by atoms with Crippen LogP contribution in [0.3, 0.4) is 0 Å². The Labute approximate surface area is 90.6 Å². The van der Waals surface area contributed by atoms with Gasteiger partial charge >= 0.3 is 0 Å². The van der Waals surface area contributed by atoms with Crippen LogP contribution in [0.2, 0.25) is 0 Å². The Bertz CT molecular complexity index is 264. The summed E-state index contributed by atoms with van der Waals surface area (Å²) in [7, 11) is 0. The molecule has 0 aromatic heterocycles. The number of carbonyl (C=O) groups is 1. The summed E-state index contributed by atoms with van der Waals surface area (Å²) in [4.78, 5) is 11.7. The Hall–Kier alpha value is -1.08. The van der Waals surface area contributed by atoms with Crippen molar-refractivity contribution in [2.24, 2.45) is 5.92 Å². The van der Waals surface area contributed by atoms with Gasteiger partial charge in [0.15, 0.2) is 0 Å². The molecule has 1 fully saturated rings. The van der Waals surface area contributed by atoms with Gasteiger partial charge in [0.05, 0.1) is 18.2 Å². The van der Waals surface area contributed by atoms with Gasteiger partial charge in [-0.2, -0.15) is 5.26 Å². The molecular formula is C11H18N2O2. The Morgan fingerprint density at radius 1 is 1.73 bits per heavy atom. The summed E-state index contributed by atoms with van der Waals surface area (Å²) in [5, 5.41) is 11.7. The van der Waals surface area contributed by atoms with Crippen molar-refractivity contribution in [2.45, 2.75) is 38.6 Å². The van der Waals surface area contributed by atoms with Crippen molar-refractivity contribution in [2.75, 3.05) is 13.2 Å². The van der Waals surface area contributed by atoms with Crippen molar-refractivity contribution in [3.63, 3.8) is 0 Å². The van der Waals surface area contributed by atoms with E-state index in [2.05, 4.69) is 5.32 Å². The van der Waals surface area contributed by atoms with Crippen molar-refractivity contribution in [1.82, 2.24) is 5.32 Å². The SMILES string of the molecule is CCC(C#N)C(=O)NC1(C)CCCOC1. The van der Waals surface area contributed by atoms with Gasteiger partial charge < -0.3 is 10.1 Å². The van der Waals surface area contributed by atoms with Crippen LogP contribution in [-0.2, 0) is 9.53 Å². The highest BCUT2D eigenvalue weighted by Gasteiger charge is 2.31. The number of rotatable bonds is 3. The molecule has 0 saturated carbocycles. The summed E-state index contributed by atoms with van der Waals surface area (Å²) in [6, 6.07) is 2.01. The molecule has 1 saturated heterocycles. The fourth-order valence-electron chi connectivity index (χ4n) is 1.75. The van der Waals surface area contributed by atoms with Crippen molar-refractivity contribution in [3.05, 3.63) is 0 Å². The second-order valence-electron chi connectivity index (χ2n) is 4.30. The standard InChI is InChI=1S/C11H18N2O2/c1-3-9(7-12)10(14)13-11(2)5-4-6-15-8-11/h9H,3-6,8H2,1-2H3,(H,13,14). The summed E-state index contributed by atoms with van der Waals surface area (Å²) in [5.74, 6) is -0.711. The van der Waals surface area contributed by atoms with Crippen LogP contribution in [0.25, 0.3) is 0 Å². The molecule has 1 aliphatic rings. The molecule has 1 N–H and O–H groups in total. The third-order valence-corrected chi connectivity index (χ3v) is 2.74. The van der Waals surface area contributed by atoms with E-state index in [9.17, 15) is 4.79 Å². The summed E-state index contributed by atoms with van der Waals surface area (Å²) in [6.45, 7) is 5.11. The van der Waals surface area contributed by atoms with Crippen molar-refractivity contribution in [3.8, 4) is 6.07 Å². The minimum Gasteiger partial charge on any atom is -0.379 e. The van der Waals surface area contributed by atoms with E-state index in [0.29, 0.717) is 13.0 Å². The first-order valence-electron chi connectivity index (χ1n) is 5.40. The molecule has 2 unspecified atom stereocenters. The van der Waals surface area contributed by atoms with Crippen LogP contribution in [0, 0.1) is 17.2 Å². The second kappa shape index (κ2) is 5.13. The minimum atomic E-state index is -0.538. The Kier molecular flexibility index (Phi) is 4.10. The van der Waals surface area contributed by atoms with E-state index in [1.165, 1.54) is 0 Å². The average Bonchev–Trinajstić information content (AvgIpc) is 2.19. The quantitative estimate of drug-likeness (QED) is 0.761. The van der Waals surface area contributed by atoms with Gasteiger partial charge in [0.2, 0.25) is 5.91 Å². The number of ether oxygens (including phenoxy) is 1. The predicted octanol–water partition coefficient (Wildman–Crippen LogP) is 1.22. The van der Waals surface area contributed by atoms with Crippen molar-refractivity contribution < 1.29 is 9.53 Å². The number of nitriles is 1. The third-order valence-electron chi connectivity index (χ3n) is 2.74. The fraction of sp³-hybridized carbons (Fsp3) is 0.818. The molecule has 0 spiro atoms. The van der Waals surface area contributed by atoms with Crippen LogP contribution in [0.15, 0.2) is 0 Å². The minimum absolute atomic E-state index is 0.173. The molecule has 4 heteroatoms. The molecule has 15 heavy (non-hydrogen) atoms. The molecule has 0 bridgehead atoms. The van der Waals surface area contributed by atoms with E-state index in [4.69, 9.17) is 10.00 Å². The van der Waals surface area contributed by atoms with E-state index >= 15 is 0 Å². The second-order valence-corrected chi connectivity index (χ2v) is 4.30. The van der Waals surface area contributed by atoms with Gasteiger partial charge in [-0.05, 0) is 26.2 Å². The lowest BCUT2D eigenvalue weighted by molar-refractivity contribution is -0.127. The van der Waals surface area contributed by atoms with E-state index in [1.807, 2.05) is 19.9 Å². The zero-order valence-corrected chi connectivity index (χ0v) is 9.38. The molecule has 1 rings (SSSR count). The highest BCUT2D eigenvalue weighted by atomic mass is 16.5. The van der Waals surface area contributed by atoms with Crippen LogP contribution in [0.5, 0.6) is 0 Å². The number of nitrogens with one attached hydrogen (secondary N) is 1. The van der Waals surface area contributed by atoms with Crippen LogP contribution < -0.4 is 5.32 Å². The molecule has 0 aromatic carbocycles. The highest BCUT2D eigenvalue weighted by Crippen LogP contribution is 2.19. The Balaban J connectivity index is 2.52. The maximum Gasteiger partial charge on any atom is 0.237 e. The van der Waals surface area contributed by atoms with Gasteiger partial charge in [-0.25, -0.2) is 0 Å². The van der Waals surface area contributed by atoms with Gasteiger partial charge in [-0.15, -0.1) is 0 Å². The molecule has 4 nitrogen and oxygen atoms in total. The zero-order chi connectivity index (χ0) is 11.3. The van der Waals surface area contributed by atoms with E-state index in [1.54, 1.807) is 0 Å². The molecular weight excluding hydrogens is 192 g/mol. The molecule has 1 heterocycles. The Morgan fingerprint density at radius 3 is 2.93 bits per heavy atom. The molecule has 1 amide bonds. The first-order chi connectivity index (χ1) is 7.11. The normalized spacial score (nSPS) is 27.8. The molecule has 84 valence electrons. The number of hydrogen-bond donors (Lipinski definition) is 1. The summed E-state index contributed by atoms with van der Waals surface area (Å²) in [5.41, 5.74) is -0.292. The smallest absolute Gasteiger partial charge is 0.237 e. The number of nitrogens with zero attached hydrogens (tertiary/aromatic N) is 1. The molecule has 0 aliphatic carbocycles. The lowest BCUT2D eigenvalue weighted by atomic mass is 9.93. The largest absolute Gasteiger partial charge is 0.379 e. The lowest BCUT2D eigenvalue weighted by Gasteiger charge is -2.34. The maximum absolute atomic E-state index is 11.7. The van der Waals surface area contributed by atoms with Gasteiger partial charge in [0.25, 0.3) is 0 Å². The van der Waals surface area contributed by atoms with E-state index in [0.717, 1.165) is 19.4 Å². The molecule has 1 aliphatic heterocycles. The summed E-state index contributed by atoms with van der Waals surface area (Å²) >= 11 is 0. The average molecular weight is 210 g/mol. The van der Waals surface area contributed by atoms with Crippen molar-refractivity contribution in [1.29, 1.82) is 5.26 Å². The summed E-state index contributed by atoms with van der Waals surface area (Å²) < 4.78 is 5.34. The van der Waals surface area contributed by atoms with Crippen LogP contribution in [0.1, 0.15) is 33.1 Å². The first kappa shape index (κ1) is 12.0.